The molecule has 0 saturated heterocycles. The first-order chi connectivity index (χ1) is 6.19. The second kappa shape index (κ2) is 4.06. The molecule has 0 spiro atoms. The second-order valence-corrected chi connectivity index (χ2v) is 2.66. The lowest BCUT2D eigenvalue weighted by molar-refractivity contribution is 0.263. The number of aliphatic hydroxyl groups excluding tert-OH is 1. The number of aliphatic hydroxyl groups is 1. The van der Waals surface area contributed by atoms with Gasteiger partial charge in [-0.05, 0) is 6.07 Å². The summed E-state index contributed by atoms with van der Waals surface area (Å²) in [5.41, 5.74) is 12.2. The number of methoxy groups -OCH3 is 1. The van der Waals surface area contributed by atoms with Crippen molar-refractivity contribution in [2.45, 2.75) is 6.04 Å². The first-order valence-electron chi connectivity index (χ1n) is 3.85. The van der Waals surface area contributed by atoms with E-state index in [1.165, 1.54) is 13.3 Å². The fraction of sp³-hybridized carbons (Fsp3) is 0.375. The molecule has 0 amide bonds. The van der Waals surface area contributed by atoms with Crippen molar-refractivity contribution < 1.29 is 9.84 Å². The Hall–Kier alpha value is -1.33. The third-order valence-electron chi connectivity index (χ3n) is 1.69. The van der Waals surface area contributed by atoms with Gasteiger partial charge in [-0.25, -0.2) is 4.98 Å². The zero-order valence-corrected chi connectivity index (χ0v) is 7.40. The van der Waals surface area contributed by atoms with Crippen LogP contribution < -0.4 is 16.2 Å². The van der Waals surface area contributed by atoms with Gasteiger partial charge < -0.3 is 21.3 Å². The zero-order chi connectivity index (χ0) is 9.84. The Kier molecular flexibility index (Phi) is 3.05. The summed E-state index contributed by atoms with van der Waals surface area (Å²) in [5, 5.41) is 8.85. The maximum Gasteiger partial charge on any atom is 0.218 e. The van der Waals surface area contributed by atoms with E-state index in [9.17, 15) is 0 Å². The van der Waals surface area contributed by atoms with Crippen molar-refractivity contribution in [1.82, 2.24) is 4.98 Å². The van der Waals surface area contributed by atoms with E-state index >= 15 is 0 Å². The normalized spacial score (nSPS) is 12.5. The summed E-state index contributed by atoms with van der Waals surface area (Å²) in [5.74, 6) is 0.399. The number of nitrogen functional groups attached to an aromatic ring is 1. The van der Waals surface area contributed by atoms with Gasteiger partial charge >= 0.3 is 0 Å². The molecule has 13 heavy (non-hydrogen) atoms. The molecule has 1 aromatic rings. The molecule has 0 fully saturated rings. The Morgan fingerprint density at radius 3 is 2.92 bits per heavy atom. The van der Waals surface area contributed by atoms with Crippen LogP contribution in [0.25, 0.3) is 0 Å². The number of anilines is 1. The molecule has 1 rings (SSSR count). The fourth-order valence-electron chi connectivity index (χ4n) is 1.02. The standard InChI is InChI=1S/C8H13N3O2/c1-13-8-6(7(10)4-12)2-5(9)3-11-8/h2-3,7,12H,4,9-10H2,1H3/t7-/m1/s1. The van der Waals surface area contributed by atoms with Gasteiger partial charge in [0.2, 0.25) is 5.88 Å². The SMILES string of the molecule is COc1ncc(N)cc1[C@H](N)CO. The molecule has 1 atom stereocenters. The summed E-state index contributed by atoms with van der Waals surface area (Å²) in [7, 11) is 1.49. The van der Waals surface area contributed by atoms with Crippen LogP contribution in [-0.4, -0.2) is 23.8 Å². The lowest BCUT2D eigenvalue weighted by Gasteiger charge is -2.12. The average molecular weight is 183 g/mol. The van der Waals surface area contributed by atoms with E-state index < -0.39 is 6.04 Å². The number of nitrogens with two attached hydrogens (primary N) is 2. The Labute approximate surface area is 76.3 Å². The highest BCUT2D eigenvalue weighted by atomic mass is 16.5. The number of hydrogen-bond acceptors (Lipinski definition) is 5. The van der Waals surface area contributed by atoms with Gasteiger partial charge in [0.05, 0.1) is 31.6 Å². The maximum absolute atomic E-state index is 8.85. The van der Waals surface area contributed by atoms with E-state index in [1.807, 2.05) is 0 Å². The lowest BCUT2D eigenvalue weighted by atomic mass is 10.1. The molecule has 5 heteroatoms. The quantitative estimate of drug-likeness (QED) is 0.596. The van der Waals surface area contributed by atoms with Gasteiger partial charge in [-0.3, -0.25) is 0 Å². The van der Waals surface area contributed by atoms with Gasteiger partial charge in [-0.15, -0.1) is 0 Å². The van der Waals surface area contributed by atoms with Crippen LogP contribution in [0.2, 0.25) is 0 Å². The van der Waals surface area contributed by atoms with Gasteiger partial charge in [0.1, 0.15) is 0 Å². The smallest absolute Gasteiger partial charge is 0.218 e. The van der Waals surface area contributed by atoms with Crippen LogP contribution in [0.1, 0.15) is 11.6 Å². The van der Waals surface area contributed by atoms with E-state index in [4.69, 9.17) is 21.3 Å². The summed E-state index contributed by atoms with van der Waals surface area (Å²) < 4.78 is 4.97. The topological polar surface area (TPSA) is 94.4 Å². The minimum atomic E-state index is -0.508. The maximum atomic E-state index is 8.85. The molecule has 0 saturated carbocycles. The molecule has 1 aromatic heterocycles. The molecular weight excluding hydrogens is 170 g/mol. The van der Waals surface area contributed by atoms with Crippen LogP contribution in [0.15, 0.2) is 12.3 Å². The molecule has 0 unspecified atom stereocenters. The van der Waals surface area contributed by atoms with Crippen molar-refractivity contribution in [2.75, 3.05) is 19.5 Å². The largest absolute Gasteiger partial charge is 0.481 e. The minimum Gasteiger partial charge on any atom is -0.481 e. The van der Waals surface area contributed by atoms with E-state index in [0.717, 1.165) is 0 Å². The molecule has 0 bridgehead atoms. The molecule has 0 radical (unpaired) electrons. The van der Waals surface area contributed by atoms with Crippen molar-refractivity contribution in [1.29, 1.82) is 0 Å². The highest BCUT2D eigenvalue weighted by molar-refractivity contribution is 5.43. The number of ether oxygens (including phenoxy) is 1. The van der Waals surface area contributed by atoms with Crippen LogP contribution >= 0.6 is 0 Å². The van der Waals surface area contributed by atoms with Crippen LogP contribution in [0, 0.1) is 0 Å². The van der Waals surface area contributed by atoms with Crippen molar-refractivity contribution >= 4 is 5.69 Å². The van der Waals surface area contributed by atoms with E-state index in [2.05, 4.69) is 4.98 Å². The van der Waals surface area contributed by atoms with Crippen molar-refractivity contribution in [3.05, 3.63) is 17.8 Å². The molecule has 0 aliphatic heterocycles. The Morgan fingerprint density at radius 2 is 2.38 bits per heavy atom. The Bertz CT molecular complexity index is 291. The molecule has 72 valence electrons. The summed E-state index contributed by atoms with van der Waals surface area (Å²) in [6.45, 7) is -0.165. The third-order valence-corrected chi connectivity index (χ3v) is 1.69. The second-order valence-electron chi connectivity index (χ2n) is 2.66. The predicted octanol–water partition coefficient (Wildman–Crippen LogP) is -0.336. The van der Waals surface area contributed by atoms with Crippen molar-refractivity contribution in [3.8, 4) is 5.88 Å². The molecule has 5 nitrogen and oxygen atoms in total. The van der Waals surface area contributed by atoms with Crippen molar-refractivity contribution in [2.24, 2.45) is 5.73 Å². The molecule has 0 aliphatic rings. The number of pyridine rings is 1. The highest BCUT2D eigenvalue weighted by Gasteiger charge is 2.12. The lowest BCUT2D eigenvalue weighted by Crippen LogP contribution is -2.16. The van der Waals surface area contributed by atoms with Crippen LogP contribution in [-0.2, 0) is 0 Å². The molecule has 1 heterocycles. The predicted molar refractivity (Wildman–Crippen MR) is 49.2 cm³/mol. The Balaban J connectivity index is 3.07. The monoisotopic (exact) mass is 183 g/mol. The zero-order valence-electron chi connectivity index (χ0n) is 7.40. The average Bonchev–Trinajstić information content (AvgIpc) is 2.16. The summed E-state index contributed by atoms with van der Waals surface area (Å²) in [4.78, 5) is 3.93. The van der Waals surface area contributed by atoms with Gasteiger partial charge in [-0.1, -0.05) is 0 Å². The van der Waals surface area contributed by atoms with Gasteiger partial charge in [0.25, 0.3) is 0 Å². The summed E-state index contributed by atoms with van der Waals surface area (Å²) in [6.07, 6.45) is 1.48. The fourth-order valence-corrected chi connectivity index (χ4v) is 1.02. The summed E-state index contributed by atoms with van der Waals surface area (Å²) >= 11 is 0. The van der Waals surface area contributed by atoms with Gasteiger partial charge in [0.15, 0.2) is 0 Å². The Morgan fingerprint density at radius 1 is 1.69 bits per heavy atom. The number of hydrogen-bond donors (Lipinski definition) is 3. The van der Waals surface area contributed by atoms with E-state index in [0.29, 0.717) is 17.1 Å². The first-order valence-corrected chi connectivity index (χ1v) is 3.85. The van der Waals surface area contributed by atoms with E-state index in [-0.39, 0.29) is 6.61 Å². The first kappa shape index (κ1) is 9.76. The number of aromatic nitrogens is 1. The third kappa shape index (κ3) is 2.07. The molecule has 5 N–H and O–H groups in total. The van der Waals surface area contributed by atoms with Gasteiger partial charge in [0, 0.05) is 5.56 Å². The van der Waals surface area contributed by atoms with E-state index in [1.54, 1.807) is 6.07 Å². The summed E-state index contributed by atoms with van der Waals surface area (Å²) in [6, 6.07) is 1.14. The van der Waals surface area contributed by atoms with Crippen LogP contribution in [0.4, 0.5) is 5.69 Å². The molecular formula is C8H13N3O2. The van der Waals surface area contributed by atoms with Crippen LogP contribution in [0.5, 0.6) is 5.88 Å². The number of rotatable bonds is 3. The highest BCUT2D eigenvalue weighted by Crippen LogP contribution is 2.22. The number of nitrogens with zero attached hydrogens (tertiary/aromatic N) is 1. The minimum absolute atomic E-state index is 0.165. The van der Waals surface area contributed by atoms with Gasteiger partial charge in [-0.2, -0.15) is 0 Å². The molecule has 0 aliphatic carbocycles. The van der Waals surface area contributed by atoms with Crippen LogP contribution in [0.3, 0.4) is 0 Å². The van der Waals surface area contributed by atoms with Crippen molar-refractivity contribution in [3.63, 3.8) is 0 Å². The molecule has 0 aromatic carbocycles.